The summed E-state index contributed by atoms with van der Waals surface area (Å²) < 4.78 is 0. The highest BCUT2D eigenvalue weighted by Crippen LogP contribution is 2.09. The zero-order valence-electron chi connectivity index (χ0n) is 11.1. The number of aliphatic carboxylic acids is 1. The predicted octanol–water partition coefficient (Wildman–Crippen LogP) is 1.12. The van der Waals surface area contributed by atoms with Gasteiger partial charge in [-0.05, 0) is 32.6 Å². The number of nitrogens with one attached hydrogen (secondary N) is 1. The van der Waals surface area contributed by atoms with Crippen molar-refractivity contribution < 1.29 is 14.7 Å². The summed E-state index contributed by atoms with van der Waals surface area (Å²) in [6, 6.07) is -0.802. The second kappa shape index (κ2) is 6.59. The van der Waals surface area contributed by atoms with Gasteiger partial charge in [-0.1, -0.05) is 13.8 Å². The van der Waals surface area contributed by atoms with Gasteiger partial charge in [0, 0.05) is 12.0 Å². The van der Waals surface area contributed by atoms with Gasteiger partial charge in [0.1, 0.15) is 6.04 Å². The lowest BCUT2D eigenvalue weighted by Crippen LogP contribution is -2.42. The molecule has 1 atom stereocenters. The molecule has 5 nitrogen and oxygen atoms in total. The van der Waals surface area contributed by atoms with Crippen LogP contribution in [-0.2, 0) is 9.59 Å². The van der Waals surface area contributed by atoms with Crippen LogP contribution >= 0.6 is 0 Å². The fourth-order valence-electron chi connectivity index (χ4n) is 1.40. The quantitative estimate of drug-likeness (QED) is 0.625. The van der Waals surface area contributed by atoms with Crippen molar-refractivity contribution in [3.05, 3.63) is 0 Å². The monoisotopic (exact) mass is 244 g/mol. The number of hydrogen-bond donors (Lipinski definition) is 3. The molecule has 0 radical (unpaired) electrons. The molecule has 0 fully saturated rings. The van der Waals surface area contributed by atoms with Gasteiger partial charge in [-0.3, -0.25) is 4.79 Å². The smallest absolute Gasteiger partial charge is 0.326 e. The van der Waals surface area contributed by atoms with Crippen LogP contribution in [0.1, 0.15) is 47.0 Å². The van der Waals surface area contributed by atoms with Crippen LogP contribution in [0, 0.1) is 5.92 Å². The molecule has 17 heavy (non-hydrogen) atoms. The average Bonchev–Trinajstić information content (AvgIpc) is 2.11. The van der Waals surface area contributed by atoms with E-state index in [2.05, 4.69) is 5.32 Å². The fourth-order valence-corrected chi connectivity index (χ4v) is 1.40. The summed E-state index contributed by atoms with van der Waals surface area (Å²) in [6.07, 6.45) is 1.23. The Hall–Kier alpha value is -1.10. The number of rotatable bonds is 7. The van der Waals surface area contributed by atoms with Crippen LogP contribution in [0.15, 0.2) is 0 Å². The molecule has 0 saturated heterocycles. The molecule has 5 heteroatoms. The molecule has 0 aliphatic carbocycles. The van der Waals surface area contributed by atoms with Crippen LogP contribution < -0.4 is 11.1 Å². The number of nitrogens with two attached hydrogens (primary N) is 1. The van der Waals surface area contributed by atoms with Crippen LogP contribution in [0.5, 0.6) is 0 Å². The Kier molecular flexibility index (Phi) is 6.16. The van der Waals surface area contributed by atoms with Gasteiger partial charge in [0.15, 0.2) is 0 Å². The highest BCUT2D eigenvalue weighted by Gasteiger charge is 2.21. The molecule has 0 bridgehead atoms. The summed E-state index contributed by atoms with van der Waals surface area (Å²) in [5.41, 5.74) is 5.35. The lowest BCUT2D eigenvalue weighted by molar-refractivity contribution is -0.142. The van der Waals surface area contributed by atoms with Gasteiger partial charge in [-0.15, -0.1) is 0 Å². The molecule has 100 valence electrons. The third-order valence-corrected chi connectivity index (χ3v) is 2.34. The largest absolute Gasteiger partial charge is 0.480 e. The van der Waals surface area contributed by atoms with Crippen LogP contribution in [0.2, 0.25) is 0 Å². The second-order valence-corrected chi connectivity index (χ2v) is 5.58. The molecule has 1 amide bonds. The highest BCUT2D eigenvalue weighted by molar-refractivity contribution is 5.83. The van der Waals surface area contributed by atoms with Crippen molar-refractivity contribution in [1.29, 1.82) is 0 Å². The molecule has 0 aromatic heterocycles. The van der Waals surface area contributed by atoms with E-state index in [1.54, 1.807) is 0 Å². The number of amides is 1. The Morgan fingerprint density at radius 3 is 2.24 bits per heavy atom. The zero-order chi connectivity index (χ0) is 13.6. The summed E-state index contributed by atoms with van der Waals surface area (Å²) in [5.74, 6) is -1.02. The summed E-state index contributed by atoms with van der Waals surface area (Å²) in [4.78, 5) is 22.5. The Bertz CT molecular complexity index is 269. The summed E-state index contributed by atoms with van der Waals surface area (Å²) in [6.45, 7) is 7.52. The van der Waals surface area contributed by atoms with E-state index < -0.39 is 17.6 Å². The minimum Gasteiger partial charge on any atom is -0.480 e. The van der Waals surface area contributed by atoms with Gasteiger partial charge in [0.2, 0.25) is 5.91 Å². The van der Waals surface area contributed by atoms with Gasteiger partial charge in [0.25, 0.3) is 0 Å². The normalized spacial score (nSPS) is 13.5. The average molecular weight is 244 g/mol. The highest BCUT2D eigenvalue weighted by atomic mass is 16.4. The molecule has 0 aromatic rings. The number of hydrogen-bond acceptors (Lipinski definition) is 3. The summed E-state index contributed by atoms with van der Waals surface area (Å²) in [5, 5.41) is 11.5. The third-order valence-electron chi connectivity index (χ3n) is 2.34. The second-order valence-electron chi connectivity index (χ2n) is 5.58. The van der Waals surface area contributed by atoms with Gasteiger partial charge in [-0.2, -0.15) is 0 Å². The van der Waals surface area contributed by atoms with Crippen LogP contribution in [-0.4, -0.2) is 28.6 Å². The molecule has 0 unspecified atom stereocenters. The Labute approximate surface area is 103 Å². The minimum atomic E-state index is -0.987. The SMILES string of the molecule is CC(C)C[C@H](NC(=O)CCC(C)(C)N)C(=O)O. The molecule has 0 spiro atoms. The predicted molar refractivity (Wildman–Crippen MR) is 66.5 cm³/mol. The van der Waals surface area contributed by atoms with Gasteiger partial charge >= 0.3 is 5.97 Å². The number of carboxylic acid groups (broad SMARTS) is 1. The van der Waals surface area contributed by atoms with E-state index in [4.69, 9.17) is 10.8 Å². The first-order valence-electron chi connectivity index (χ1n) is 5.93. The zero-order valence-corrected chi connectivity index (χ0v) is 11.1. The van der Waals surface area contributed by atoms with Crippen LogP contribution in [0.3, 0.4) is 0 Å². The van der Waals surface area contributed by atoms with Gasteiger partial charge in [-0.25, -0.2) is 4.79 Å². The van der Waals surface area contributed by atoms with E-state index in [1.165, 1.54) is 0 Å². The van der Waals surface area contributed by atoms with E-state index in [0.29, 0.717) is 12.8 Å². The minimum absolute atomic E-state index is 0.224. The van der Waals surface area contributed by atoms with E-state index in [-0.39, 0.29) is 18.2 Å². The van der Waals surface area contributed by atoms with Crippen molar-refractivity contribution in [2.45, 2.75) is 58.5 Å². The van der Waals surface area contributed by atoms with Crippen LogP contribution in [0.4, 0.5) is 0 Å². The maximum atomic E-state index is 11.6. The van der Waals surface area contributed by atoms with E-state index in [1.807, 2.05) is 27.7 Å². The molecule has 0 rings (SSSR count). The lowest BCUT2D eigenvalue weighted by Gasteiger charge is -2.20. The first-order valence-corrected chi connectivity index (χ1v) is 5.93. The van der Waals surface area contributed by atoms with Crippen molar-refractivity contribution in [1.82, 2.24) is 5.32 Å². The number of carboxylic acids is 1. The van der Waals surface area contributed by atoms with Crippen molar-refractivity contribution in [3.63, 3.8) is 0 Å². The van der Waals surface area contributed by atoms with E-state index >= 15 is 0 Å². The van der Waals surface area contributed by atoms with E-state index in [9.17, 15) is 9.59 Å². The number of carbonyl (C=O) groups is 2. The summed E-state index contributed by atoms with van der Waals surface area (Å²) in [7, 11) is 0. The Morgan fingerprint density at radius 2 is 1.88 bits per heavy atom. The number of carbonyl (C=O) groups excluding carboxylic acids is 1. The molecular weight excluding hydrogens is 220 g/mol. The van der Waals surface area contributed by atoms with E-state index in [0.717, 1.165) is 0 Å². The topological polar surface area (TPSA) is 92.4 Å². The molecule has 0 aliphatic rings. The third kappa shape index (κ3) is 8.68. The Morgan fingerprint density at radius 1 is 1.35 bits per heavy atom. The molecule has 4 N–H and O–H groups in total. The molecule has 0 aromatic carbocycles. The molecule has 0 saturated carbocycles. The lowest BCUT2D eigenvalue weighted by atomic mass is 9.99. The first-order chi connectivity index (χ1) is 7.61. The fraction of sp³-hybridized carbons (Fsp3) is 0.833. The standard InChI is InChI=1S/C12H24N2O3/c1-8(2)7-9(11(16)17)14-10(15)5-6-12(3,4)13/h8-9H,5-7,13H2,1-4H3,(H,14,15)(H,16,17)/t9-/m0/s1. The summed E-state index contributed by atoms with van der Waals surface area (Å²) >= 11 is 0. The van der Waals surface area contributed by atoms with Gasteiger partial charge < -0.3 is 16.2 Å². The molecule has 0 heterocycles. The van der Waals surface area contributed by atoms with Crippen molar-refractivity contribution in [2.75, 3.05) is 0 Å². The maximum absolute atomic E-state index is 11.6. The van der Waals surface area contributed by atoms with Crippen molar-refractivity contribution in [2.24, 2.45) is 11.7 Å². The molecular formula is C12H24N2O3. The van der Waals surface area contributed by atoms with Gasteiger partial charge in [0.05, 0.1) is 0 Å². The first kappa shape index (κ1) is 15.9. The maximum Gasteiger partial charge on any atom is 0.326 e. The Balaban J connectivity index is 4.18. The molecule has 0 aliphatic heterocycles. The van der Waals surface area contributed by atoms with Crippen molar-refractivity contribution in [3.8, 4) is 0 Å². The van der Waals surface area contributed by atoms with Crippen molar-refractivity contribution >= 4 is 11.9 Å². The van der Waals surface area contributed by atoms with Crippen LogP contribution in [0.25, 0.3) is 0 Å².